The Balaban J connectivity index is 2.37. The van der Waals surface area contributed by atoms with Crippen LogP contribution in [0.5, 0.6) is 0 Å². The smallest absolute Gasteiger partial charge is 0.275 e. The summed E-state index contributed by atoms with van der Waals surface area (Å²) >= 11 is 0. The summed E-state index contributed by atoms with van der Waals surface area (Å²) in [5.41, 5.74) is 0. The van der Waals surface area contributed by atoms with Crippen molar-refractivity contribution in [3.05, 3.63) is 0 Å². The summed E-state index contributed by atoms with van der Waals surface area (Å²) in [6.45, 7) is -0.375. The molecule has 0 aromatic heterocycles. The molecule has 2 N–H and O–H groups in total. The molecule has 1 aliphatic heterocycles. The lowest BCUT2D eigenvalue weighted by molar-refractivity contribution is -0.111. The monoisotopic (exact) mass is 137 g/mol. The number of nitrogens with one attached hydrogen (secondary N) is 1. The third kappa shape index (κ3) is 1.19. The van der Waals surface area contributed by atoms with Crippen LogP contribution in [0.2, 0.25) is 0 Å². The van der Waals surface area contributed by atoms with E-state index in [1.165, 1.54) is 0 Å². The summed E-state index contributed by atoms with van der Waals surface area (Å²) in [5, 5.41) is 10.9. The second kappa shape index (κ2) is 2.19. The van der Waals surface area contributed by atoms with E-state index in [4.69, 9.17) is 5.11 Å². The minimum absolute atomic E-state index is 0.327. The van der Waals surface area contributed by atoms with Crippen LogP contribution in [0.1, 0.15) is 0 Å². The van der Waals surface area contributed by atoms with Gasteiger partial charge in [0.05, 0.1) is 0 Å². The summed E-state index contributed by atoms with van der Waals surface area (Å²) in [5.74, 6) is -3.52. The first kappa shape index (κ1) is 6.89. The van der Waals surface area contributed by atoms with E-state index in [2.05, 4.69) is 5.32 Å². The Morgan fingerprint density at radius 2 is 2.11 bits per heavy atom. The summed E-state index contributed by atoms with van der Waals surface area (Å²) in [6.07, 6.45) is 0. The number of aliphatic hydroxyl groups is 1. The standard InChI is InChI=1S/C5H9F2NO/c6-5(7,3-9)4-1-8-2-4/h4,8-9H,1-3H2. The van der Waals surface area contributed by atoms with Gasteiger partial charge in [0.15, 0.2) is 0 Å². The fourth-order valence-electron chi connectivity index (χ4n) is 0.716. The van der Waals surface area contributed by atoms with Gasteiger partial charge in [0.1, 0.15) is 6.61 Å². The molecule has 0 aliphatic carbocycles. The molecule has 0 amide bonds. The van der Waals surface area contributed by atoms with Crippen molar-refractivity contribution in [2.45, 2.75) is 5.92 Å². The number of aliphatic hydroxyl groups excluding tert-OH is 1. The van der Waals surface area contributed by atoms with E-state index in [9.17, 15) is 8.78 Å². The van der Waals surface area contributed by atoms with Crippen LogP contribution >= 0.6 is 0 Å². The van der Waals surface area contributed by atoms with Gasteiger partial charge in [-0.2, -0.15) is 0 Å². The van der Waals surface area contributed by atoms with Crippen molar-refractivity contribution in [3.63, 3.8) is 0 Å². The Morgan fingerprint density at radius 3 is 2.22 bits per heavy atom. The molecule has 1 fully saturated rings. The molecule has 1 rings (SSSR count). The van der Waals surface area contributed by atoms with Crippen LogP contribution in [0.4, 0.5) is 8.78 Å². The van der Waals surface area contributed by atoms with E-state index in [0.717, 1.165) is 0 Å². The van der Waals surface area contributed by atoms with Crippen molar-refractivity contribution >= 4 is 0 Å². The van der Waals surface area contributed by atoms with Crippen LogP contribution in [-0.2, 0) is 0 Å². The highest BCUT2D eigenvalue weighted by Crippen LogP contribution is 2.26. The van der Waals surface area contributed by atoms with E-state index >= 15 is 0 Å². The fourth-order valence-corrected chi connectivity index (χ4v) is 0.716. The van der Waals surface area contributed by atoms with E-state index < -0.39 is 18.4 Å². The quantitative estimate of drug-likeness (QED) is 0.554. The lowest BCUT2D eigenvalue weighted by atomic mass is 9.96. The maximum Gasteiger partial charge on any atom is 0.275 e. The number of halogens is 2. The van der Waals surface area contributed by atoms with E-state index in [0.29, 0.717) is 13.1 Å². The van der Waals surface area contributed by atoms with Crippen molar-refractivity contribution in [1.29, 1.82) is 0 Å². The molecule has 0 aromatic carbocycles. The number of alkyl halides is 2. The summed E-state index contributed by atoms with van der Waals surface area (Å²) in [6, 6.07) is 0. The van der Waals surface area contributed by atoms with Crippen molar-refractivity contribution < 1.29 is 13.9 Å². The van der Waals surface area contributed by atoms with Crippen LogP contribution in [0.15, 0.2) is 0 Å². The SMILES string of the molecule is OCC(F)(F)C1CNC1. The molecule has 1 heterocycles. The fraction of sp³-hybridized carbons (Fsp3) is 1.00. The molecule has 2 nitrogen and oxygen atoms in total. The highest BCUT2D eigenvalue weighted by atomic mass is 19.3. The zero-order valence-corrected chi connectivity index (χ0v) is 4.90. The molecule has 54 valence electrons. The Morgan fingerprint density at radius 1 is 1.56 bits per heavy atom. The van der Waals surface area contributed by atoms with Crippen LogP contribution in [-0.4, -0.2) is 30.7 Å². The second-order valence-electron chi connectivity index (χ2n) is 2.27. The topological polar surface area (TPSA) is 32.3 Å². The highest BCUT2D eigenvalue weighted by Gasteiger charge is 2.42. The molecular formula is C5H9F2NO. The van der Waals surface area contributed by atoms with Gasteiger partial charge in [0, 0.05) is 19.0 Å². The van der Waals surface area contributed by atoms with Gasteiger partial charge in [-0.15, -0.1) is 0 Å². The average Bonchev–Trinajstić information content (AvgIpc) is 1.60. The van der Waals surface area contributed by atoms with Crippen molar-refractivity contribution in [2.24, 2.45) is 5.92 Å². The van der Waals surface area contributed by atoms with Gasteiger partial charge in [-0.05, 0) is 0 Å². The normalized spacial score (nSPS) is 21.7. The van der Waals surface area contributed by atoms with Gasteiger partial charge in [-0.3, -0.25) is 0 Å². The summed E-state index contributed by atoms with van der Waals surface area (Å²) in [4.78, 5) is 0. The average molecular weight is 137 g/mol. The molecule has 0 saturated carbocycles. The van der Waals surface area contributed by atoms with Crippen molar-refractivity contribution in [2.75, 3.05) is 19.7 Å². The van der Waals surface area contributed by atoms with Gasteiger partial charge in [0.25, 0.3) is 5.92 Å². The van der Waals surface area contributed by atoms with Crippen LogP contribution < -0.4 is 5.32 Å². The first-order valence-electron chi connectivity index (χ1n) is 2.86. The Labute approximate surface area is 51.9 Å². The zero-order chi connectivity index (χ0) is 6.91. The molecule has 0 aromatic rings. The van der Waals surface area contributed by atoms with Gasteiger partial charge in [0.2, 0.25) is 0 Å². The molecule has 0 atom stereocenters. The van der Waals surface area contributed by atoms with Gasteiger partial charge >= 0.3 is 0 Å². The van der Waals surface area contributed by atoms with Gasteiger partial charge in [-0.1, -0.05) is 0 Å². The van der Waals surface area contributed by atoms with Crippen LogP contribution in [0, 0.1) is 5.92 Å². The molecule has 9 heavy (non-hydrogen) atoms. The van der Waals surface area contributed by atoms with Gasteiger partial charge in [-0.25, -0.2) is 8.78 Å². The molecule has 0 spiro atoms. The molecule has 1 saturated heterocycles. The molecule has 1 aliphatic rings. The first-order chi connectivity index (χ1) is 4.17. The van der Waals surface area contributed by atoms with E-state index in [1.54, 1.807) is 0 Å². The minimum atomic E-state index is -2.87. The number of hydrogen-bond acceptors (Lipinski definition) is 2. The van der Waals surface area contributed by atoms with Crippen LogP contribution in [0.25, 0.3) is 0 Å². The zero-order valence-electron chi connectivity index (χ0n) is 4.90. The van der Waals surface area contributed by atoms with Crippen LogP contribution in [0.3, 0.4) is 0 Å². The first-order valence-corrected chi connectivity index (χ1v) is 2.86. The third-order valence-corrected chi connectivity index (χ3v) is 1.59. The molecule has 0 radical (unpaired) electrons. The van der Waals surface area contributed by atoms with Crippen molar-refractivity contribution in [1.82, 2.24) is 5.32 Å². The summed E-state index contributed by atoms with van der Waals surface area (Å²) < 4.78 is 24.6. The molecule has 4 heteroatoms. The Bertz CT molecular complexity index is 103. The maximum atomic E-state index is 12.3. The maximum absolute atomic E-state index is 12.3. The molecule has 0 unspecified atom stereocenters. The molecule has 0 bridgehead atoms. The predicted molar refractivity (Wildman–Crippen MR) is 28.4 cm³/mol. The van der Waals surface area contributed by atoms with E-state index in [-0.39, 0.29) is 0 Å². The number of rotatable bonds is 2. The minimum Gasteiger partial charge on any atom is -0.390 e. The third-order valence-electron chi connectivity index (χ3n) is 1.59. The van der Waals surface area contributed by atoms with Crippen molar-refractivity contribution in [3.8, 4) is 0 Å². The predicted octanol–water partition coefficient (Wildman–Crippen LogP) is -0.167. The lowest BCUT2D eigenvalue weighted by Crippen LogP contribution is -2.53. The largest absolute Gasteiger partial charge is 0.390 e. The highest BCUT2D eigenvalue weighted by molar-refractivity contribution is 4.86. The number of hydrogen-bond donors (Lipinski definition) is 2. The second-order valence-corrected chi connectivity index (χ2v) is 2.27. The summed E-state index contributed by atoms with van der Waals surface area (Å²) in [7, 11) is 0. The van der Waals surface area contributed by atoms with Gasteiger partial charge < -0.3 is 10.4 Å². The Kier molecular flexibility index (Phi) is 1.68. The Hall–Kier alpha value is -0.220. The van der Waals surface area contributed by atoms with E-state index in [1.807, 2.05) is 0 Å². The molecular weight excluding hydrogens is 128 g/mol. The lowest BCUT2D eigenvalue weighted by Gasteiger charge is -2.32.